The fraction of sp³-hybridized carbons (Fsp3) is 0.286. The predicted molar refractivity (Wildman–Crippen MR) is 63.9 cm³/mol. The molecule has 1 aliphatic carbocycles. The van der Waals surface area contributed by atoms with Gasteiger partial charge in [0.15, 0.2) is 5.95 Å². The smallest absolute Gasteiger partial charge is 0.266 e. The Morgan fingerprint density at radius 3 is 2.72 bits per heavy atom. The lowest BCUT2D eigenvalue weighted by atomic mass is 9.97. The first kappa shape index (κ1) is 11.0. The van der Waals surface area contributed by atoms with Gasteiger partial charge in [-0.25, -0.2) is 0 Å². The van der Waals surface area contributed by atoms with Crippen molar-refractivity contribution in [3.05, 3.63) is 42.1 Å². The molecule has 4 heteroatoms. The quantitative estimate of drug-likeness (QED) is 0.757. The normalized spacial score (nSPS) is 15.4. The molecule has 0 N–H and O–H groups in total. The van der Waals surface area contributed by atoms with Gasteiger partial charge in [-0.15, -0.1) is 0 Å². The number of para-hydroxylation sites is 1. The van der Waals surface area contributed by atoms with Gasteiger partial charge in [0.1, 0.15) is 0 Å². The van der Waals surface area contributed by atoms with Crippen LogP contribution in [0.4, 0.5) is 0 Å². The van der Waals surface area contributed by atoms with Gasteiger partial charge in [-0.1, -0.05) is 24.3 Å². The van der Waals surface area contributed by atoms with Crippen LogP contribution in [0.15, 0.2) is 40.9 Å². The minimum Gasteiger partial charge on any atom is -0.539 e. The number of aromatic nitrogens is 2. The number of nitrogens with zero attached hydrogens (tertiary/aromatic N) is 2. The lowest BCUT2D eigenvalue weighted by Gasteiger charge is -2.09. The Morgan fingerprint density at radius 1 is 1.17 bits per heavy atom. The maximum Gasteiger partial charge on any atom is 0.266 e. The van der Waals surface area contributed by atoms with Crippen molar-refractivity contribution < 1.29 is 14.3 Å². The van der Waals surface area contributed by atoms with Crippen LogP contribution in [0.5, 0.6) is 5.95 Å². The summed E-state index contributed by atoms with van der Waals surface area (Å²) in [4.78, 5) is 0. The average molecular weight is 242 g/mol. The fourth-order valence-corrected chi connectivity index (χ4v) is 2.31. The Labute approximate surface area is 105 Å². The van der Waals surface area contributed by atoms with E-state index in [-0.39, 0.29) is 5.95 Å². The number of hydrogen-bond donors (Lipinski definition) is 0. The molecule has 4 nitrogen and oxygen atoms in total. The number of benzene rings is 1. The summed E-state index contributed by atoms with van der Waals surface area (Å²) in [5.41, 5.74) is 2.47. The molecule has 0 radical (unpaired) electrons. The van der Waals surface area contributed by atoms with Gasteiger partial charge in [0.25, 0.3) is 5.69 Å². The van der Waals surface area contributed by atoms with Gasteiger partial charge < -0.3 is 9.63 Å². The van der Waals surface area contributed by atoms with Crippen molar-refractivity contribution in [3.8, 4) is 11.6 Å². The van der Waals surface area contributed by atoms with Crippen LogP contribution in [0.1, 0.15) is 31.4 Å². The molecule has 1 aliphatic rings. The van der Waals surface area contributed by atoms with Crippen molar-refractivity contribution in [2.45, 2.75) is 25.7 Å². The van der Waals surface area contributed by atoms with Gasteiger partial charge in [0.2, 0.25) is 5.69 Å². The van der Waals surface area contributed by atoms with E-state index in [9.17, 15) is 5.11 Å². The van der Waals surface area contributed by atoms with Crippen LogP contribution in [0.2, 0.25) is 0 Å². The third-order valence-electron chi connectivity index (χ3n) is 3.21. The van der Waals surface area contributed by atoms with Crippen molar-refractivity contribution in [2.75, 3.05) is 0 Å². The standard InChI is InChI=1S/C14H14N2O2/c17-14-13(11-7-3-1-4-8-11)16(15-18-14)12-9-5-2-6-10-12/h2,5-7,9-10H,1,3-4,8H2. The van der Waals surface area contributed by atoms with Gasteiger partial charge in [-0.3, -0.25) is 0 Å². The Balaban J connectivity index is 2.09. The summed E-state index contributed by atoms with van der Waals surface area (Å²) in [5, 5.41) is 15.7. The second kappa shape index (κ2) is 4.64. The van der Waals surface area contributed by atoms with Crippen LogP contribution >= 0.6 is 0 Å². The maximum atomic E-state index is 11.8. The topological polar surface area (TPSA) is 53.0 Å². The largest absolute Gasteiger partial charge is 0.539 e. The van der Waals surface area contributed by atoms with Crippen molar-refractivity contribution in [1.82, 2.24) is 5.27 Å². The first-order valence-corrected chi connectivity index (χ1v) is 6.20. The highest BCUT2D eigenvalue weighted by Crippen LogP contribution is 2.29. The van der Waals surface area contributed by atoms with Crippen molar-refractivity contribution in [3.63, 3.8) is 0 Å². The number of hydrogen-bond acceptors (Lipinski definition) is 3. The van der Waals surface area contributed by atoms with Gasteiger partial charge in [-0.2, -0.15) is 0 Å². The summed E-state index contributed by atoms with van der Waals surface area (Å²) in [6.45, 7) is 0. The molecule has 2 aromatic rings. The van der Waals surface area contributed by atoms with Crippen LogP contribution in [-0.2, 0) is 0 Å². The number of rotatable bonds is 2. The van der Waals surface area contributed by atoms with Crippen LogP contribution < -0.4 is 9.79 Å². The van der Waals surface area contributed by atoms with E-state index in [1.165, 1.54) is 6.42 Å². The van der Waals surface area contributed by atoms with E-state index < -0.39 is 0 Å². The van der Waals surface area contributed by atoms with Crippen molar-refractivity contribution in [2.24, 2.45) is 0 Å². The second-order valence-corrected chi connectivity index (χ2v) is 4.43. The lowest BCUT2D eigenvalue weighted by molar-refractivity contribution is -0.672. The van der Waals surface area contributed by atoms with Crippen molar-refractivity contribution in [1.29, 1.82) is 0 Å². The zero-order valence-corrected chi connectivity index (χ0v) is 10.0. The van der Waals surface area contributed by atoms with E-state index in [4.69, 9.17) is 4.52 Å². The van der Waals surface area contributed by atoms with Gasteiger partial charge in [-0.05, 0) is 30.4 Å². The van der Waals surface area contributed by atoms with Gasteiger partial charge in [0, 0.05) is 17.7 Å². The molecule has 0 fully saturated rings. The Kier molecular flexibility index (Phi) is 2.84. The molecular formula is C14H14N2O2. The van der Waals surface area contributed by atoms with E-state index >= 15 is 0 Å². The van der Waals surface area contributed by atoms with Gasteiger partial charge in [0.05, 0.1) is 5.27 Å². The molecule has 0 bridgehead atoms. The summed E-state index contributed by atoms with van der Waals surface area (Å²) >= 11 is 0. The van der Waals surface area contributed by atoms with E-state index in [1.54, 1.807) is 4.68 Å². The molecule has 0 saturated heterocycles. The summed E-state index contributed by atoms with van der Waals surface area (Å²) in [6.07, 6.45) is 6.37. The second-order valence-electron chi connectivity index (χ2n) is 4.43. The van der Waals surface area contributed by atoms with E-state index in [0.717, 1.165) is 30.5 Å². The summed E-state index contributed by atoms with van der Waals surface area (Å²) < 4.78 is 6.42. The molecule has 1 aromatic carbocycles. The molecule has 92 valence electrons. The third-order valence-corrected chi connectivity index (χ3v) is 3.21. The minimum atomic E-state index is -0.355. The number of allylic oxidation sites excluding steroid dienone is 2. The first-order chi connectivity index (χ1) is 8.86. The maximum absolute atomic E-state index is 11.8. The molecule has 18 heavy (non-hydrogen) atoms. The fourth-order valence-electron chi connectivity index (χ4n) is 2.31. The summed E-state index contributed by atoms with van der Waals surface area (Å²) in [5.74, 6) is -0.355. The molecule has 3 rings (SSSR count). The molecule has 0 aliphatic heterocycles. The Bertz CT molecular complexity index is 573. The minimum absolute atomic E-state index is 0.355. The third kappa shape index (κ3) is 1.90. The highest BCUT2D eigenvalue weighted by molar-refractivity contribution is 5.63. The Hall–Kier alpha value is -2.10. The predicted octanol–water partition coefficient (Wildman–Crippen LogP) is 1.98. The monoisotopic (exact) mass is 242 g/mol. The molecular weight excluding hydrogens is 228 g/mol. The molecule has 0 saturated carbocycles. The van der Waals surface area contributed by atoms with Crippen molar-refractivity contribution >= 4 is 5.57 Å². The van der Waals surface area contributed by atoms with E-state index in [1.807, 2.05) is 30.3 Å². The average Bonchev–Trinajstić information content (AvgIpc) is 2.83. The molecule has 0 atom stereocenters. The molecule has 0 unspecified atom stereocenters. The van der Waals surface area contributed by atoms with E-state index in [0.29, 0.717) is 5.69 Å². The van der Waals surface area contributed by atoms with Crippen LogP contribution in [-0.4, -0.2) is 5.27 Å². The molecule has 0 spiro atoms. The Morgan fingerprint density at radius 2 is 2.00 bits per heavy atom. The molecule has 0 amide bonds. The van der Waals surface area contributed by atoms with Crippen LogP contribution in [0, 0.1) is 0 Å². The summed E-state index contributed by atoms with van der Waals surface area (Å²) in [7, 11) is 0. The molecule has 1 aromatic heterocycles. The zero-order valence-electron chi connectivity index (χ0n) is 10.0. The van der Waals surface area contributed by atoms with E-state index in [2.05, 4.69) is 11.3 Å². The first-order valence-electron chi connectivity index (χ1n) is 6.20. The van der Waals surface area contributed by atoms with Crippen LogP contribution in [0.25, 0.3) is 11.3 Å². The highest BCUT2D eigenvalue weighted by atomic mass is 16.6. The lowest BCUT2D eigenvalue weighted by Crippen LogP contribution is -2.36. The highest BCUT2D eigenvalue weighted by Gasteiger charge is 2.24. The summed E-state index contributed by atoms with van der Waals surface area (Å²) in [6, 6.07) is 9.59. The van der Waals surface area contributed by atoms with Crippen LogP contribution in [0.3, 0.4) is 0 Å². The molecule has 1 heterocycles. The van der Waals surface area contributed by atoms with Gasteiger partial charge >= 0.3 is 0 Å². The SMILES string of the molecule is [O-]c1on[n+](-c2ccccc2)c1C1=CCCCC1. The zero-order chi connectivity index (χ0) is 12.4.